The number of fused-ring (bicyclic) bond motifs is 1. The highest BCUT2D eigenvalue weighted by Gasteiger charge is 2.12. The van der Waals surface area contributed by atoms with E-state index in [1.807, 2.05) is 35.6 Å². The maximum atomic E-state index is 11.9. The van der Waals surface area contributed by atoms with Crippen molar-refractivity contribution in [1.29, 1.82) is 0 Å². The zero-order valence-electron chi connectivity index (χ0n) is 15.1. The number of nitrogens with one attached hydrogen (secondary N) is 3. The van der Waals surface area contributed by atoms with E-state index in [0.717, 1.165) is 22.4 Å². The second-order valence-corrected chi connectivity index (χ2v) is 6.15. The molecule has 4 aromatic heterocycles. The fourth-order valence-electron chi connectivity index (χ4n) is 2.96. The van der Waals surface area contributed by atoms with Crippen molar-refractivity contribution in [3.63, 3.8) is 0 Å². The lowest BCUT2D eigenvalue weighted by atomic mass is 10.1. The Morgan fingerprint density at radius 1 is 1.18 bits per heavy atom. The van der Waals surface area contributed by atoms with Crippen molar-refractivity contribution in [3.05, 3.63) is 71.5 Å². The predicted molar refractivity (Wildman–Crippen MR) is 107 cm³/mol. The molecule has 0 radical (unpaired) electrons. The van der Waals surface area contributed by atoms with E-state index < -0.39 is 0 Å². The Labute approximate surface area is 160 Å². The van der Waals surface area contributed by atoms with Crippen molar-refractivity contribution in [2.75, 3.05) is 11.9 Å². The molecule has 140 valence electrons. The molecule has 0 spiro atoms. The monoisotopic (exact) mass is 374 g/mol. The van der Waals surface area contributed by atoms with Gasteiger partial charge in [0.1, 0.15) is 5.65 Å². The number of carbonyl (C=O) groups is 1. The molecule has 4 heterocycles. The molecule has 0 aliphatic rings. The molecule has 4 rings (SSSR count). The number of carbonyl (C=O) groups excluding carboxylic acids is 1. The molecule has 8 nitrogen and oxygen atoms in total. The van der Waals surface area contributed by atoms with E-state index in [1.165, 1.54) is 6.07 Å². The number of H-pyrrole nitrogens is 1. The zero-order chi connectivity index (χ0) is 19.5. The van der Waals surface area contributed by atoms with Gasteiger partial charge in [-0.3, -0.25) is 19.5 Å². The van der Waals surface area contributed by atoms with Gasteiger partial charge in [0.05, 0.1) is 11.9 Å². The third-order valence-electron chi connectivity index (χ3n) is 4.22. The number of urea groups is 1. The summed E-state index contributed by atoms with van der Waals surface area (Å²) in [7, 11) is 0. The Bertz CT molecular complexity index is 1180. The Hall–Kier alpha value is -3.94. The van der Waals surface area contributed by atoms with Gasteiger partial charge < -0.3 is 10.3 Å². The molecule has 0 fully saturated rings. The first-order valence-electron chi connectivity index (χ1n) is 8.81. The first-order valence-corrected chi connectivity index (χ1v) is 8.81. The van der Waals surface area contributed by atoms with Crippen LogP contribution >= 0.6 is 0 Å². The van der Waals surface area contributed by atoms with Crippen LogP contribution in [0, 0.1) is 0 Å². The van der Waals surface area contributed by atoms with Crippen LogP contribution in [-0.2, 0) is 0 Å². The molecular weight excluding hydrogens is 356 g/mol. The van der Waals surface area contributed by atoms with Crippen LogP contribution < -0.4 is 16.2 Å². The second-order valence-electron chi connectivity index (χ2n) is 6.15. The molecule has 0 aromatic carbocycles. The number of anilines is 1. The molecule has 2 amide bonds. The maximum absolute atomic E-state index is 11.9. The summed E-state index contributed by atoms with van der Waals surface area (Å²) < 4.78 is 1.87. The van der Waals surface area contributed by atoms with E-state index >= 15 is 0 Å². The number of rotatable bonds is 4. The summed E-state index contributed by atoms with van der Waals surface area (Å²) in [6.45, 7) is 2.37. The number of amides is 2. The summed E-state index contributed by atoms with van der Waals surface area (Å²) in [5, 5.41) is 5.41. The Morgan fingerprint density at radius 2 is 2.07 bits per heavy atom. The predicted octanol–water partition coefficient (Wildman–Crippen LogP) is 2.89. The number of aromatic nitrogens is 4. The quantitative estimate of drug-likeness (QED) is 0.511. The van der Waals surface area contributed by atoms with E-state index in [2.05, 4.69) is 25.6 Å². The molecular formula is C20H18N6O2. The molecule has 3 N–H and O–H groups in total. The Kier molecular flexibility index (Phi) is 4.59. The fourth-order valence-corrected chi connectivity index (χ4v) is 2.96. The summed E-state index contributed by atoms with van der Waals surface area (Å²) in [5.74, 6) is 0.431. The number of imidazole rings is 1. The highest BCUT2D eigenvalue weighted by atomic mass is 16.2. The van der Waals surface area contributed by atoms with Gasteiger partial charge >= 0.3 is 6.03 Å². The minimum absolute atomic E-state index is 0.173. The van der Waals surface area contributed by atoms with E-state index in [1.54, 1.807) is 30.9 Å². The van der Waals surface area contributed by atoms with Crippen LogP contribution in [0.1, 0.15) is 6.92 Å². The summed E-state index contributed by atoms with van der Waals surface area (Å²) >= 11 is 0. The van der Waals surface area contributed by atoms with E-state index in [0.29, 0.717) is 18.0 Å². The topological polar surface area (TPSA) is 104 Å². The van der Waals surface area contributed by atoms with Crippen LogP contribution in [0.5, 0.6) is 0 Å². The van der Waals surface area contributed by atoms with Crippen molar-refractivity contribution in [2.45, 2.75) is 6.92 Å². The lowest BCUT2D eigenvalue weighted by molar-refractivity contribution is 0.252. The average molecular weight is 374 g/mol. The van der Waals surface area contributed by atoms with Crippen LogP contribution in [-0.4, -0.2) is 31.9 Å². The summed E-state index contributed by atoms with van der Waals surface area (Å²) in [5.41, 5.74) is 4.00. The second kappa shape index (κ2) is 7.36. The van der Waals surface area contributed by atoms with E-state index in [-0.39, 0.29) is 11.6 Å². The van der Waals surface area contributed by atoms with Crippen LogP contribution in [0.3, 0.4) is 0 Å². The van der Waals surface area contributed by atoms with Gasteiger partial charge in [0.2, 0.25) is 5.56 Å². The van der Waals surface area contributed by atoms with Gasteiger partial charge in [0.25, 0.3) is 0 Å². The zero-order valence-corrected chi connectivity index (χ0v) is 15.1. The number of nitrogens with zero attached hydrogens (tertiary/aromatic N) is 3. The summed E-state index contributed by atoms with van der Waals surface area (Å²) in [4.78, 5) is 34.7. The van der Waals surface area contributed by atoms with Gasteiger partial charge in [-0.1, -0.05) is 6.07 Å². The number of hydrogen-bond donors (Lipinski definition) is 3. The van der Waals surface area contributed by atoms with Crippen molar-refractivity contribution >= 4 is 17.5 Å². The summed E-state index contributed by atoms with van der Waals surface area (Å²) in [6.07, 6.45) is 6.90. The van der Waals surface area contributed by atoms with Crippen LogP contribution in [0.15, 0.2) is 66.0 Å². The normalized spacial score (nSPS) is 10.8. The summed E-state index contributed by atoms with van der Waals surface area (Å²) in [6, 6.07) is 10.7. The Balaban J connectivity index is 1.88. The minimum Gasteiger partial charge on any atom is -0.338 e. The van der Waals surface area contributed by atoms with Crippen LogP contribution in [0.4, 0.5) is 10.6 Å². The van der Waals surface area contributed by atoms with Crippen LogP contribution in [0.2, 0.25) is 0 Å². The van der Waals surface area contributed by atoms with E-state index in [4.69, 9.17) is 0 Å². The van der Waals surface area contributed by atoms with Gasteiger partial charge in [-0.25, -0.2) is 9.78 Å². The molecule has 4 aromatic rings. The largest absolute Gasteiger partial charge is 0.338 e. The number of hydrogen-bond acceptors (Lipinski definition) is 4. The molecule has 8 heteroatoms. The van der Waals surface area contributed by atoms with Gasteiger partial charge in [-0.05, 0) is 36.8 Å². The number of aromatic amines is 1. The first kappa shape index (κ1) is 17.5. The SMILES string of the molecule is CCNC(=O)Nc1cn2c(-c3ccc(=O)[nH]c3)cc(-c3cccnc3)cc2n1. The van der Waals surface area contributed by atoms with Gasteiger partial charge in [-0.2, -0.15) is 0 Å². The minimum atomic E-state index is -0.316. The molecule has 0 saturated carbocycles. The highest BCUT2D eigenvalue weighted by Crippen LogP contribution is 2.28. The lowest BCUT2D eigenvalue weighted by Crippen LogP contribution is -2.28. The van der Waals surface area contributed by atoms with Crippen molar-refractivity contribution in [3.8, 4) is 22.4 Å². The Morgan fingerprint density at radius 3 is 2.79 bits per heavy atom. The molecule has 28 heavy (non-hydrogen) atoms. The molecule has 0 aliphatic carbocycles. The van der Waals surface area contributed by atoms with Crippen LogP contribution in [0.25, 0.3) is 28.0 Å². The molecule has 0 aliphatic heterocycles. The average Bonchev–Trinajstić information content (AvgIpc) is 3.11. The molecule has 0 bridgehead atoms. The van der Waals surface area contributed by atoms with Gasteiger partial charge in [0, 0.05) is 42.3 Å². The fraction of sp³-hybridized carbons (Fsp3) is 0.100. The third-order valence-corrected chi connectivity index (χ3v) is 4.22. The van der Waals surface area contributed by atoms with Crippen molar-refractivity contribution in [1.82, 2.24) is 24.7 Å². The lowest BCUT2D eigenvalue weighted by Gasteiger charge is -2.09. The van der Waals surface area contributed by atoms with Gasteiger partial charge in [-0.15, -0.1) is 0 Å². The first-order chi connectivity index (χ1) is 13.6. The molecule has 0 atom stereocenters. The number of pyridine rings is 3. The van der Waals surface area contributed by atoms with E-state index in [9.17, 15) is 9.59 Å². The van der Waals surface area contributed by atoms with Crippen molar-refractivity contribution < 1.29 is 4.79 Å². The molecule has 0 saturated heterocycles. The highest BCUT2D eigenvalue weighted by molar-refractivity contribution is 5.89. The third kappa shape index (κ3) is 3.48. The maximum Gasteiger partial charge on any atom is 0.320 e. The smallest absolute Gasteiger partial charge is 0.320 e. The standard InChI is InChI=1S/C20H18N6O2/c1-2-22-20(28)25-17-12-26-16(14-5-6-19(27)23-11-14)8-15(9-18(26)24-17)13-4-3-7-21-10-13/h3-12H,2H2,1H3,(H,23,27)(H2,22,25,28). The van der Waals surface area contributed by atoms with Gasteiger partial charge in [0.15, 0.2) is 5.82 Å². The van der Waals surface area contributed by atoms with Crippen molar-refractivity contribution in [2.24, 2.45) is 0 Å². The molecule has 0 unspecified atom stereocenters.